The molecule has 0 radical (unpaired) electrons. The van der Waals surface area contributed by atoms with Gasteiger partial charge in [-0.3, -0.25) is 14.5 Å². The van der Waals surface area contributed by atoms with Crippen molar-refractivity contribution in [3.05, 3.63) is 54.1 Å². The van der Waals surface area contributed by atoms with Gasteiger partial charge in [-0.2, -0.15) is 0 Å². The van der Waals surface area contributed by atoms with Crippen LogP contribution in [0.15, 0.2) is 48.5 Å². The van der Waals surface area contributed by atoms with Gasteiger partial charge in [-0.25, -0.2) is 0 Å². The van der Waals surface area contributed by atoms with Crippen molar-refractivity contribution in [3.63, 3.8) is 0 Å². The molecule has 148 valence electrons. The normalized spacial score (nSPS) is 15.5. The predicted molar refractivity (Wildman–Crippen MR) is 108 cm³/mol. The predicted octanol–water partition coefficient (Wildman–Crippen LogP) is 2.61. The lowest BCUT2D eigenvalue weighted by atomic mass is 10.1. The first kappa shape index (κ1) is 19.9. The molecule has 0 bridgehead atoms. The minimum absolute atomic E-state index is 0.0758. The number of methoxy groups -OCH3 is 1. The van der Waals surface area contributed by atoms with Gasteiger partial charge >= 0.3 is 0 Å². The lowest BCUT2D eigenvalue weighted by Crippen LogP contribution is -2.47. The molecule has 1 aliphatic heterocycles. The van der Waals surface area contributed by atoms with Crippen LogP contribution in [0.2, 0.25) is 0 Å². The van der Waals surface area contributed by atoms with Crippen molar-refractivity contribution in [1.29, 1.82) is 0 Å². The number of anilines is 2. The Hall–Kier alpha value is -2.90. The number of ether oxygens (including phenoxy) is 2. The highest BCUT2D eigenvalue weighted by Gasteiger charge is 2.23. The number of benzene rings is 2. The van der Waals surface area contributed by atoms with Crippen LogP contribution in [0.25, 0.3) is 0 Å². The number of hydrogen-bond donors (Lipinski definition) is 2. The smallest absolute Gasteiger partial charge is 0.255 e. The number of carbonyl (C=O) groups excluding carboxylic acids is 2. The zero-order valence-electron chi connectivity index (χ0n) is 16.1. The Morgan fingerprint density at radius 2 is 1.71 bits per heavy atom. The highest BCUT2D eigenvalue weighted by molar-refractivity contribution is 6.05. The Bertz CT molecular complexity index is 817. The molecule has 0 saturated carbocycles. The second kappa shape index (κ2) is 9.34. The Labute approximate surface area is 164 Å². The molecule has 7 nitrogen and oxygen atoms in total. The van der Waals surface area contributed by atoms with Gasteiger partial charge < -0.3 is 20.1 Å². The summed E-state index contributed by atoms with van der Waals surface area (Å²) in [5.74, 6) is 0.272. The van der Waals surface area contributed by atoms with Gasteiger partial charge in [0, 0.05) is 24.3 Å². The molecular weight excluding hydrogens is 358 g/mol. The number of rotatable bonds is 6. The molecule has 3 rings (SSSR count). The van der Waals surface area contributed by atoms with Crippen LogP contribution in [0.3, 0.4) is 0 Å². The Balaban J connectivity index is 1.59. The van der Waals surface area contributed by atoms with Gasteiger partial charge in [0.15, 0.2) is 0 Å². The first-order chi connectivity index (χ1) is 13.6. The second-order valence-electron chi connectivity index (χ2n) is 6.55. The largest absolute Gasteiger partial charge is 0.495 e. The van der Waals surface area contributed by atoms with Crippen LogP contribution >= 0.6 is 0 Å². The number of hydrogen-bond acceptors (Lipinski definition) is 5. The van der Waals surface area contributed by atoms with E-state index in [1.54, 1.807) is 43.5 Å². The minimum atomic E-state index is -0.246. The fourth-order valence-electron chi connectivity index (χ4n) is 3.02. The summed E-state index contributed by atoms with van der Waals surface area (Å²) in [6, 6.07) is 13.8. The van der Waals surface area contributed by atoms with E-state index in [0.29, 0.717) is 35.9 Å². The van der Waals surface area contributed by atoms with Crippen LogP contribution in [0.5, 0.6) is 5.75 Å². The monoisotopic (exact) mass is 383 g/mol. The quantitative estimate of drug-likeness (QED) is 0.802. The molecule has 1 unspecified atom stereocenters. The van der Waals surface area contributed by atoms with Gasteiger partial charge in [0.2, 0.25) is 5.91 Å². The molecule has 0 aromatic heterocycles. The SMILES string of the molecule is COc1ccccc1NC(=O)c1ccc(NC(=O)C(C)N2CCOCC2)cc1. The van der Waals surface area contributed by atoms with E-state index in [-0.39, 0.29) is 17.9 Å². The van der Waals surface area contributed by atoms with Crippen LogP contribution < -0.4 is 15.4 Å². The van der Waals surface area contributed by atoms with Gasteiger partial charge in [0.05, 0.1) is 32.1 Å². The van der Waals surface area contributed by atoms with Crippen LogP contribution in [-0.4, -0.2) is 56.2 Å². The highest BCUT2D eigenvalue weighted by atomic mass is 16.5. The van der Waals surface area contributed by atoms with E-state index in [2.05, 4.69) is 15.5 Å². The van der Waals surface area contributed by atoms with E-state index >= 15 is 0 Å². The first-order valence-corrected chi connectivity index (χ1v) is 9.25. The molecule has 1 saturated heterocycles. The maximum atomic E-state index is 12.5. The van der Waals surface area contributed by atoms with E-state index in [1.807, 2.05) is 19.1 Å². The molecule has 28 heavy (non-hydrogen) atoms. The summed E-state index contributed by atoms with van der Waals surface area (Å²) in [4.78, 5) is 27.0. The van der Waals surface area contributed by atoms with E-state index in [0.717, 1.165) is 13.1 Å². The number of nitrogens with zero attached hydrogens (tertiary/aromatic N) is 1. The maximum absolute atomic E-state index is 12.5. The van der Waals surface area contributed by atoms with Crippen LogP contribution in [0.4, 0.5) is 11.4 Å². The highest BCUT2D eigenvalue weighted by Crippen LogP contribution is 2.24. The van der Waals surface area contributed by atoms with Crippen molar-refractivity contribution in [2.75, 3.05) is 44.0 Å². The number of carbonyl (C=O) groups is 2. The lowest BCUT2D eigenvalue weighted by molar-refractivity contribution is -0.122. The summed E-state index contributed by atoms with van der Waals surface area (Å²) in [6.45, 7) is 4.67. The fourth-order valence-corrected chi connectivity index (χ4v) is 3.02. The molecule has 0 spiro atoms. The number of para-hydroxylation sites is 2. The molecule has 1 atom stereocenters. The van der Waals surface area contributed by atoms with Crippen molar-refractivity contribution in [2.45, 2.75) is 13.0 Å². The van der Waals surface area contributed by atoms with Crippen LogP contribution in [-0.2, 0) is 9.53 Å². The molecular formula is C21H25N3O4. The first-order valence-electron chi connectivity index (χ1n) is 9.25. The number of nitrogens with one attached hydrogen (secondary N) is 2. The van der Waals surface area contributed by atoms with Crippen molar-refractivity contribution >= 4 is 23.2 Å². The van der Waals surface area contributed by atoms with Crippen molar-refractivity contribution < 1.29 is 19.1 Å². The van der Waals surface area contributed by atoms with Crippen molar-refractivity contribution in [3.8, 4) is 5.75 Å². The number of amides is 2. The average molecular weight is 383 g/mol. The van der Waals surface area contributed by atoms with Gasteiger partial charge in [-0.05, 0) is 43.3 Å². The molecule has 2 amide bonds. The zero-order valence-corrected chi connectivity index (χ0v) is 16.1. The summed E-state index contributed by atoms with van der Waals surface area (Å²) in [6.07, 6.45) is 0. The summed E-state index contributed by atoms with van der Waals surface area (Å²) in [5.41, 5.74) is 1.75. The molecule has 1 aliphatic rings. The molecule has 2 N–H and O–H groups in total. The molecule has 1 fully saturated rings. The van der Waals surface area contributed by atoms with Crippen LogP contribution in [0.1, 0.15) is 17.3 Å². The fraction of sp³-hybridized carbons (Fsp3) is 0.333. The third-order valence-electron chi connectivity index (χ3n) is 4.74. The topological polar surface area (TPSA) is 79.9 Å². The van der Waals surface area contributed by atoms with E-state index < -0.39 is 0 Å². The summed E-state index contributed by atoms with van der Waals surface area (Å²) < 4.78 is 10.6. The molecule has 2 aromatic rings. The minimum Gasteiger partial charge on any atom is -0.495 e. The summed E-state index contributed by atoms with van der Waals surface area (Å²) in [5, 5.41) is 5.73. The maximum Gasteiger partial charge on any atom is 0.255 e. The molecule has 0 aliphatic carbocycles. The molecule has 2 aromatic carbocycles. The average Bonchev–Trinajstić information content (AvgIpc) is 2.74. The summed E-state index contributed by atoms with van der Waals surface area (Å²) >= 11 is 0. The van der Waals surface area contributed by atoms with Crippen molar-refractivity contribution in [2.24, 2.45) is 0 Å². The third-order valence-corrected chi connectivity index (χ3v) is 4.74. The van der Waals surface area contributed by atoms with E-state index in [1.165, 1.54) is 0 Å². The molecule has 7 heteroatoms. The standard InChI is InChI=1S/C21H25N3O4/c1-15(24-11-13-28-14-12-24)20(25)22-17-9-7-16(8-10-17)21(26)23-18-5-3-4-6-19(18)27-2/h3-10,15H,11-14H2,1-2H3,(H,22,25)(H,23,26). The van der Waals surface area contributed by atoms with Crippen molar-refractivity contribution in [1.82, 2.24) is 4.90 Å². The molecule has 1 heterocycles. The Kier molecular flexibility index (Phi) is 6.62. The van der Waals surface area contributed by atoms with Crippen LogP contribution in [0, 0.1) is 0 Å². The van der Waals surface area contributed by atoms with Gasteiger partial charge in [-0.15, -0.1) is 0 Å². The Morgan fingerprint density at radius 3 is 2.39 bits per heavy atom. The lowest BCUT2D eigenvalue weighted by Gasteiger charge is -2.31. The third kappa shape index (κ3) is 4.88. The van der Waals surface area contributed by atoms with Gasteiger partial charge in [0.25, 0.3) is 5.91 Å². The van der Waals surface area contributed by atoms with E-state index in [9.17, 15) is 9.59 Å². The second-order valence-corrected chi connectivity index (χ2v) is 6.55. The summed E-state index contributed by atoms with van der Waals surface area (Å²) in [7, 11) is 1.56. The van der Waals surface area contributed by atoms with Gasteiger partial charge in [0.1, 0.15) is 5.75 Å². The Morgan fingerprint density at radius 1 is 1.04 bits per heavy atom. The van der Waals surface area contributed by atoms with Gasteiger partial charge in [-0.1, -0.05) is 12.1 Å². The number of morpholine rings is 1. The van der Waals surface area contributed by atoms with E-state index in [4.69, 9.17) is 9.47 Å². The zero-order chi connectivity index (χ0) is 19.9.